The van der Waals surface area contributed by atoms with Gasteiger partial charge in [0.05, 0.1) is 6.54 Å². The molecule has 3 rings (SSSR count). The summed E-state index contributed by atoms with van der Waals surface area (Å²) in [5.74, 6) is -0.315. The molecule has 0 atom stereocenters. The van der Waals surface area contributed by atoms with E-state index in [1.54, 1.807) is 17.0 Å². The van der Waals surface area contributed by atoms with E-state index in [0.29, 0.717) is 38.2 Å². The van der Waals surface area contributed by atoms with Crippen molar-refractivity contribution in [2.24, 2.45) is 0 Å². The molecule has 0 radical (unpaired) electrons. The molecule has 6 heteroatoms. The van der Waals surface area contributed by atoms with Crippen LogP contribution in [0.4, 0.5) is 0 Å². The van der Waals surface area contributed by atoms with Gasteiger partial charge < -0.3 is 14.7 Å². The summed E-state index contributed by atoms with van der Waals surface area (Å²) < 4.78 is 5.82. The van der Waals surface area contributed by atoms with Crippen LogP contribution in [0.1, 0.15) is 25.7 Å². The number of hydrogen-bond donors (Lipinski definition) is 1. The normalized spacial score (nSPS) is 20.8. The van der Waals surface area contributed by atoms with Crippen LogP contribution in [0.15, 0.2) is 30.3 Å². The summed E-state index contributed by atoms with van der Waals surface area (Å²) in [6, 6.07) is 9.02. The third kappa shape index (κ3) is 3.70. The molecule has 0 unspecified atom stereocenters. The Morgan fingerprint density at radius 3 is 2.25 bits per heavy atom. The average molecular weight is 332 g/mol. The number of aliphatic carboxylic acids is 1. The van der Waals surface area contributed by atoms with Crippen LogP contribution in [0.3, 0.4) is 0 Å². The molecule has 1 aromatic rings. The van der Waals surface area contributed by atoms with Crippen LogP contribution >= 0.6 is 0 Å². The summed E-state index contributed by atoms with van der Waals surface area (Å²) in [4.78, 5) is 28.1. The molecule has 0 saturated carbocycles. The maximum Gasteiger partial charge on any atom is 0.348 e. The van der Waals surface area contributed by atoms with Gasteiger partial charge in [-0.05, 0) is 38.1 Å². The molecular formula is C18H24N2O4. The number of piperidine rings is 1. The summed E-state index contributed by atoms with van der Waals surface area (Å²) in [5.41, 5.74) is -1.24. The van der Waals surface area contributed by atoms with Gasteiger partial charge in [0.25, 0.3) is 0 Å². The molecule has 2 aliphatic heterocycles. The summed E-state index contributed by atoms with van der Waals surface area (Å²) in [5, 5.41) is 9.67. The van der Waals surface area contributed by atoms with E-state index in [1.807, 2.05) is 18.2 Å². The molecule has 1 N–H and O–H groups in total. The number of carboxylic acid groups (broad SMARTS) is 1. The van der Waals surface area contributed by atoms with Gasteiger partial charge in [0.15, 0.2) is 0 Å². The van der Waals surface area contributed by atoms with Crippen LogP contribution in [0, 0.1) is 0 Å². The number of ether oxygens (including phenoxy) is 1. The summed E-state index contributed by atoms with van der Waals surface area (Å²) >= 11 is 0. The molecule has 130 valence electrons. The molecule has 2 fully saturated rings. The van der Waals surface area contributed by atoms with E-state index in [1.165, 1.54) is 0 Å². The third-order valence-electron chi connectivity index (χ3n) is 4.93. The highest BCUT2D eigenvalue weighted by Crippen LogP contribution is 2.29. The molecule has 0 aromatic heterocycles. The van der Waals surface area contributed by atoms with Crippen LogP contribution < -0.4 is 4.74 Å². The average Bonchev–Trinajstić information content (AvgIpc) is 3.09. The van der Waals surface area contributed by atoms with Crippen molar-refractivity contribution in [3.05, 3.63) is 30.3 Å². The highest BCUT2D eigenvalue weighted by molar-refractivity contribution is 5.81. The molecule has 2 saturated heterocycles. The first-order chi connectivity index (χ1) is 11.6. The van der Waals surface area contributed by atoms with E-state index in [2.05, 4.69) is 4.90 Å². The maximum absolute atomic E-state index is 12.4. The summed E-state index contributed by atoms with van der Waals surface area (Å²) in [6.07, 6.45) is 2.92. The molecular weight excluding hydrogens is 308 g/mol. The van der Waals surface area contributed by atoms with Crippen molar-refractivity contribution >= 4 is 11.9 Å². The van der Waals surface area contributed by atoms with Crippen LogP contribution in [0.2, 0.25) is 0 Å². The molecule has 24 heavy (non-hydrogen) atoms. The van der Waals surface area contributed by atoms with Gasteiger partial charge in [0.1, 0.15) is 5.75 Å². The van der Waals surface area contributed by atoms with Crippen LogP contribution in [0.25, 0.3) is 0 Å². The minimum absolute atomic E-state index is 0.0931. The Labute approximate surface area is 142 Å². The molecule has 2 heterocycles. The van der Waals surface area contributed by atoms with E-state index < -0.39 is 11.6 Å². The highest BCUT2D eigenvalue weighted by Gasteiger charge is 2.45. The van der Waals surface area contributed by atoms with E-state index in [0.717, 1.165) is 25.9 Å². The molecule has 6 nitrogen and oxygen atoms in total. The standard InChI is InChI=1S/C18H24N2O4/c21-16(14-19-10-4-5-11-19)20-12-8-18(9-13-20,17(22)23)24-15-6-2-1-3-7-15/h1-3,6-7H,4-5,8-14H2,(H,22,23). The second kappa shape index (κ2) is 7.21. The largest absolute Gasteiger partial charge is 0.478 e. The maximum atomic E-state index is 12.4. The Morgan fingerprint density at radius 2 is 1.67 bits per heavy atom. The number of likely N-dealkylation sites (tertiary alicyclic amines) is 2. The number of carbonyl (C=O) groups excluding carboxylic acids is 1. The van der Waals surface area contributed by atoms with Gasteiger partial charge in [-0.2, -0.15) is 0 Å². The first kappa shape index (κ1) is 16.8. The smallest absolute Gasteiger partial charge is 0.348 e. The van der Waals surface area contributed by atoms with Crippen molar-refractivity contribution < 1.29 is 19.4 Å². The second-order valence-corrected chi connectivity index (χ2v) is 6.58. The number of carbonyl (C=O) groups is 2. The number of hydrogen-bond acceptors (Lipinski definition) is 4. The minimum atomic E-state index is -1.24. The number of rotatable bonds is 5. The third-order valence-corrected chi connectivity index (χ3v) is 4.93. The summed E-state index contributed by atoms with van der Waals surface area (Å²) in [7, 11) is 0. The van der Waals surface area contributed by atoms with Crippen LogP contribution in [-0.4, -0.2) is 65.1 Å². The number of amides is 1. The SMILES string of the molecule is O=C(CN1CCCC1)N1CCC(Oc2ccccc2)(C(=O)O)CC1. The first-order valence-corrected chi connectivity index (χ1v) is 8.57. The Hall–Kier alpha value is -2.08. The molecule has 1 amide bonds. The predicted octanol–water partition coefficient (Wildman–Crippen LogP) is 1.61. The summed E-state index contributed by atoms with van der Waals surface area (Å²) in [6.45, 7) is 3.25. The van der Waals surface area contributed by atoms with Gasteiger partial charge >= 0.3 is 5.97 Å². The molecule has 2 aliphatic rings. The highest BCUT2D eigenvalue weighted by atomic mass is 16.5. The Morgan fingerprint density at radius 1 is 1.04 bits per heavy atom. The van der Waals surface area contributed by atoms with Crippen molar-refractivity contribution in [2.75, 3.05) is 32.7 Å². The van der Waals surface area contributed by atoms with Crippen molar-refractivity contribution in [3.63, 3.8) is 0 Å². The zero-order valence-electron chi connectivity index (χ0n) is 13.8. The molecule has 1 aromatic carbocycles. The van der Waals surface area contributed by atoms with Crippen molar-refractivity contribution in [2.45, 2.75) is 31.3 Å². The first-order valence-electron chi connectivity index (χ1n) is 8.57. The fourth-order valence-corrected chi connectivity index (χ4v) is 3.42. The lowest BCUT2D eigenvalue weighted by molar-refractivity contribution is -0.162. The predicted molar refractivity (Wildman–Crippen MR) is 88.9 cm³/mol. The quantitative estimate of drug-likeness (QED) is 0.887. The Kier molecular flexibility index (Phi) is 5.04. The van der Waals surface area contributed by atoms with E-state index in [4.69, 9.17) is 4.74 Å². The Balaban J connectivity index is 1.60. The second-order valence-electron chi connectivity index (χ2n) is 6.58. The van der Waals surface area contributed by atoms with Crippen molar-refractivity contribution in [1.29, 1.82) is 0 Å². The van der Waals surface area contributed by atoms with Crippen molar-refractivity contribution in [1.82, 2.24) is 9.80 Å². The lowest BCUT2D eigenvalue weighted by atomic mass is 9.91. The van der Waals surface area contributed by atoms with E-state index in [9.17, 15) is 14.7 Å². The van der Waals surface area contributed by atoms with Crippen LogP contribution in [-0.2, 0) is 9.59 Å². The minimum Gasteiger partial charge on any atom is -0.478 e. The van der Waals surface area contributed by atoms with Gasteiger partial charge in [0, 0.05) is 25.9 Å². The van der Waals surface area contributed by atoms with Gasteiger partial charge in [-0.1, -0.05) is 18.2 Å². The number of para-hydroxylation sites is 1. The van der Waals surface area contributed by atoms with Gasteiger partial charge in [-0.3, -0.25) is 9.69 Å². The molecule has 0 bridgehead atoms. The number of nitrogens with zero attached hydrogens (tertiary/aromatic N) is 2. The van der Waals surface area contributed by atoms with Gasteiger partial charge in [-0.25, -0.2) is 4.79 Å². The fraction of sp³-hybridized carbons (Fsp3) is 0.556. The fourth-order valence-electron chi connectivity index (χ4n) is 3.42. The zero-order valence-corrected chi connectivity index (χ0v) is 13.8. The lowest BCUT2D eigenvalue weighted by Gasteiger charge is -2.39. The Bertz CT molecular complexity index is 576. The molecule has 0 spiro atoms. The zero-order chi connectivity index (χ0) is 17.0. The van der Waals surface area contributed by atoms with Gasteiger partial charge in [-0.15, -0.1) is 0 Å². The van der Waals surface area contributed by atoms with Crippen LogP contribution in [0.5, 0.6) is 5.75 Å². The topological polar surface area (TPSA) is 70.1 Å². The number of carboxylic acids is 1. The number of benzene rings is 1. The monoisotopic (exact) mass is 332 g/mol. The van der Waals surface area contributed by atoms with Gasteiger partial charge in [0.2, 0.25) is 11.5 Å². The van der Waals surface area contributed by atoms with Crippen molar-refractivity contribution in [3.8, 4) is 5.75 Å². The molecule has 0 aliphatic carbocycles. The lowest BCUT2D eigenvalue weighted by Crippen LogP contribution is -2.55. The van der Waals surface area contributed by atoms with E-state index >= 15 is 0 Å². The van der Waals surface area contributed by atoms with E-state index in [-0.39, 0.29) is 5.91 Å².